The fourth-order valence-electron chi connectivity index (χ4n) is 4.81. The zero-order chi connectivity index (χ0) is 24.5. The number of rotatable bonds is 6. The van der Waals surface area contributed by atoms with Crippen molar-refractivity contribution in [1.29, 1.82) is 0 Å². The van der Waals surface area contributed by atoms with Crippen LogP contribution in [-0.2, 0) is 6.54 Å². The highest BCUT2D eigenvalue weighted by atomic mass is 19.1. The molecule has 5 rings (SSSR count). The number of hydrogen-bond acceptors (Lipinski definition) is 6. The summed E-state index contributed by atoms with van der Waals surface area (Å²) in [4.78, 5) is 19.9. The first-order chi connectivity index (χ1) is 17.0. The van der Waals surface area contributed by atoms with Crippen molar-refractivity contribution in [3.63, 3.8) is 0 Å². The maximum atomic E-state index is 15.4. The Morgan fingerprint density at radius 1 is 1.06 bits per heavy atom. The van der Waals surface area contributed by atoms with Gasteiger partial charge in [0.25, 0.3) is 0 Å². The molecule has 1 saturated heterocycles. The molecular formula is C26H28F2N6O. The van der Waals surface area contributed by atoms with E-state index < -0.39 is 5.82 Å². The summed E-state index contributed by atoms with van der Waals surface area (Å²) in [6, 6.07) is 7.06. The van der Waals surface area contributed by atoms with Gasteiger partial charge in [0, 0.05) is 17.3 Å². The number of imidazole rings is 1. The number of piperidine rings is 1. The molecule has 0 saturated carbocycles. The first-order valence-corrected chi connectivity index (χ1v) is 11.9. The molecule has 0 unspecified atom stereocenters. The molecule has 1 aliphatic rings. The molecular weight excluding hydrogens is 450 g/mol. The molecule has 0 bridgehead atoms. The van der Waals surface area contributed by atoms with Crippen LogP contribution in [0.15, 0.2) is 36.7 Å². The van der Waals surface area contributed by atoms with Gasteiger partial charge in [-0.1, -0.05) is 19.1 Å². The Labute approximate surface area is 202 Å². The summed E-state index contributed by atoms with van der Waals surface area (Å²) in [6.07, 6.45) is 4.73. The van der Waals surface area contributed by atoms with E-state index in [9.17, 15) is 4.39 Å². The SMILES string of the molecule is CCN1CCC(c2ccc(Cn3c(-c4cncc(F)c4)nc4c(C)nc(OC)nc43)c(F)c2)CC1. The lowest BCUT2D eigenvalue weighted by atomic mass is 9.89. The average molecular weight is 479 g/mol. The Morgan fingerprint density at radius 3 is 2.54 bits per heavy atom. The standard InChI is InChI=1S/C26H28F2N6O/c1-4-33-9-7-17(8-10-33)18-5-6-19(22(28)12-18)15-34-24(20-11-21(27)14-29-13-20)31-23-16(2)30-26(35-3)32-25(23)34/h5-6,11-14,17H,4,7-10,15H2,1-3H3. The van der Waals surface area contributed by atoms with E-state index in [1.54, 1.807) is 17.6 Å². The van der Waals surface area contributed by atoms with Crippen LogP contribution in [0.4, 0.5) is 8.78 Å². The van der Waals surface area contributed by atoms with Gasteiger partial charge in [-0.15, -0.1) is 0 Å². The molecule has 0 N–H and O–H groups in total. The zero-order valence-electron chi connectivity index (χ0n) is 20.1. The number of aromatic nitrogens is 5. The first kappa shape index (κ1) is 23.3. The molecule has 182 valence electrons. The minimum Gasteiger partial charge on any atom is -0.467 e. The highest BCUT2D eigenvalue weighted by Crippen LogP contribution is 2.31. The van der Waals surface area contributed by atoms with Crippen LogP contribution in [-0.4, -0.2) is 56.1 Å². The van der Waals surface area contributed by atoms with E-state index in [-0.39, 0.29) is 18.4 Å². The zero-order valence-corrected chi connectivity index (χ0v) is 20.1. The molecule has 0 aliphatic carbocycles. The van der Waals surface area contributed by atoms with Crippen molar-refractivity contribution >= 4 is 11.2 Å². The number of nitrogens with zero attached hydrogens (tertiary/aromatic N) is 6. The molecule has 4 aromatic rings. The molecule has 1 fully saturated rings. The molecule has 1 aromatic carbocycles. The van der Waals surface area contributed by atoms with Crippen LogP contribution in [0.5, 0.6) is 6.01 Å². The van der Waals surface area contributed by atoms with Crippen LogP contribution in [0.3, 0.4) is 0 Å². The Morgan fingerprint density at radius 2 is 1.86 bits per heavy atom. The molecule has 1 aliphatic heterocycles. The Bertz CT molecular complexity index is 1360. The smallest absolute Gasteiger partial charge is 0.318 e. The molecule has 0 radical (unpaired) electrons. The van der Waals surface area contributed by atoms with Crippen LogP contribution in [0.2, 0.25) is 0 Å². The second-order valence-corrected chi connectivity index (χ2v) is 8.94. The molecule has 7 nitrogen and oxygen atoms in total. The predicted molar refractivity (Wildman–Crippen MR) is 129 cm³/mol. The van der Waals surface area contributed by atoms with Gasteiger partial charge in [0.1, 0.15) is 23.0 Å². The van der Waals surface area contributed by atoms with Crippen LogP contribution < -0.4 is 4.74 Å². The molecule has 4 heterocycles. The lowest BCUT2D eigenvalue weighted by Crippen LogP contribution is -2.32. The van der Waals surface area contributed by atoms with Crippen molar-refractivity contribution in [1.82, 2.24) is 29.4 Å². The van der Waals surface area contributed by atoms with Gasteiger partial charge in [0.05, 0.1) is 25.5 Å². The quantitative estimate of drug-likeness (QED) is 0.399. The van der Waals surface area contributed by atoms with Crippen molar-refractivity contribution in [3.8, 4) is 17.4 Å². The van der Waals surface area contributed by atoms with Crippen molar-refractivity contribution in [2.75, 3.05) is 26.7 Å². The molecule has 0 spiro atoms. The van der Waals surface area contributed by atoms with E-state index in [0.29, 0.717) is 39.7 Å². The van der Waals surface area contributed by atoms with Crippen LogP contribution in [0.25, 0.3) is 22.6 Å². The Hall–Kier alpha value is -3.46. The van der Waals surface area contributed by atoms with Gasteiger partial charge in [0.2, 0.25) is 0 Å². The largest absolute Gasteiger partial charge is 0.467 e. The number of hydrogen-bond donors (Lipinski definition) is 0. The predicted octanol–water partition coefficient (Wildman–Crippen LogP) is 4.73. The normalized spacial score (nSPS) is 15.1. The van der Waals surface area contributed by atoms with Crippen molar-refractivity contribution < 1.29 is 13.5 Å². The number of pyridine rings is 1. The molecule has 9 heteroatoms. The lowest BCUT2D eigenvalue weighted by molar-refractivity contribution is 0.222. The minimum atomic E-state index is -0.480. The number of likely N-dealkylation sites (tertiary alicyclic amines) is 1. The highest BCUT2D eigenvalue weighted by molar-refractivity contribution is 5.79. The van der Waals surface area contributed by atoms with Crippen LogP contribution in [0.1, 0.15) is 42.5 Å². The number of methoxy groups -OCH3 is 1. The minimum absolute atomic E-state index is 0.169. The molecule has 0 amide bonds. The number of fused-ring (bicyclic) bond motifs is 1. The van der Waals surface area contributed by atoms with E-state index in [0.717, 1.165) is 44.2 Å². The molecule has 3 aromatic heterocycles. The maximum absolute atomic E-state index is 15.4. The van der Waals surface area contributed by atoms with Gasteiger partial charge in [0.15, 0.2) is 5.65 Å². The summed E-state index contributed by atoms with van der Waals surface area (Å²) in [6.45, 7) is 7.27. The fourth-order valence-corrected chi connectivity index (χ4v) is 4.81. The van der Waals surface area contributed by atoms with Gasteiger partial charge < -0.3 is 14.2 Å². The average Bonchev–Trinajstić information content (AvgIpc) is 3.24. The third-order valence-corrected chi connectivity index (χ3v) is 6.81. The number of aryl methyl sites for hydroxylation is 1. The third-order valence-electron chi connectivity index (χ3n) is 6.81. The lowest BCUT2D eigenvalue weighted by Gasteiger charge is -2.31. The van der Waals surface area contributed by atoms with Gasteiger partial charge in [-0.05, 0) is 63.0 Å². The van der Waals surface area contributed by atoms with Crippen LogP contribution in [0, 0.1) is 18.6 Å². The second kappa shape index (κ2) is 9.65. The van der Waals surface area contributed by atoms with Crippen molar-refractivity contribution in [2.45, 2.75) is 39.2 Å². The van der Waals surface area contributed by atoms with Gasteiger partial charge in [-0.3, -0.25) is 4.98 Å². The number of ether oxygens (including phenoxy) is 1. The summed E-state index contributed by atoms with van der Waals surface area (Å²) in [7, 11) is 1.49. The summed E-state index contributed by atoms with van der Waals surface area (Å²) in [5, 5.41) is 0. The van der Waals surface area contributed by atoms with Crippen molar-refractivity contribution in [2.24, 2.45) is 0 Å². The second-order valence-electron chi connectivity index (χ2n) is 8.94. The molecule has 0 atom stereocenters. The molecule has 35 heavy (non-hydrogen) atoms. The topological polar surface area (TPSA) is 69.0 Å². The maximum Gasteiger partial charge on any atom is 0.318 e. The van der Waals surface area contributed by atoms with Crippen LogP contribution >= 0.6 is 0 Å². The number of benzene rings is 1. The summed E-state index contributed by atoms with van der Waals surface area (Å²) >= 11 is 0. The Kier molecular flexibility index (Phi) is 6.42. The van der Waals surface area contributed by atoms with E-state index >= 15 is 4.39 Å². The van der Waals surface area contributed by atoms with E-state index in [2.05, 4.69) is 31.8 Å². The van der Waals surface area contributed by atoms with E-state index in [1.807, 2.05) is 12.1 Å². The summed E-state index contributed by atoms with van der Waals surface area (Å²) in [5.41, 5.74) is 3.66. The van der Waals surface area contributed by atoms with E-state index in [4.69, 9.17) is 4.74 Å². The first-order valence-electron chi connectivity index (χ1n) is 11.9. The van der Waals surface area contributed by atoms with Crippen molar-refractivity contribution in [3.05, 3.63) is 65.1 Å². The van der Waals surface area contributed by atoms with Gasteiger partial charge in [-0.25, -0.2) is 13.8 Å². The summed E-state index contributed by atoms with van der Waals surface area (Å²) < 4.78 is 36.4. The number of halogens is 2. The summed E-state index contributed by atoms with van der Waals surface area (Å²) in [5.74, 6) is 0.0477. The highest BCUT2D eigenvalue weighted by Gasteiger charge is 2.22. The third kappa shape index (κ3) is 4.60. The Balaban J connectivity index is 1.54. The monoisotopic (exact) mass is 478 g/mol. The fraction of sp³-hybridized carbons (Fsp3) is 0.385. The van der Waals surface area contributed by atoms with Gasteiger partial charge >= 0.3 is 6.01 Å². The van der Waals surface area contributed by atoms with Gasteiger partial charge in [-0.2, -0.15) is 9.97 Å². The van der Waals surface area contributed by atoms with E-state index in [1.165, 1.54) is 19.4 Å².